The van der Waals surface area contributed by atoms with E-state index in [2.05, 4.69) is 86.3 Å². The summed E-state index contributed by atoms with van der Waals surface area (Å²) in [6.07, 6.45) is 0.532. The molecular formula is C24H20Br2N2O2. The predicted molar refractivity (Wildman–Crippen MR) is 125 cm³/mol. The highest BCUT2D eigenvalue weighted by Gasteiger charge is 2.41. The molecule has 4 nitrogen and oxygen atoms in total. The van der Waals surface area contributed by atoms with Crippen molar-refractivity contribution >= 4 is 37.6 Å². The van der Waals surface area contributed by atoms with Gasteiger partial charge in [0.1, 0.15) is 11.5 Å². The Kier molecular flexibility index (Phi) is 5.07. The number of methoxy groups -OCH3 is 1. The monoisotopic (exact) mass is 526 g/mol. The van der Waals surface area contributed by atoms with Crippen molar-refractivity contribution in [1.82, 2.24) is 5.01 Å². The maximum Gasteiger partial charge on any atom is 0.213 e. The number of hydrogen-bond donors (Lipinski definition) is 0. The van der Waals surface area contributed by atoms with Gasteiger partial charge >= 0.3 is 0 Å². The molecule has 2 aliphatic heterocycles. The Morgan fingerprint density at radius 1 is 1.03 bits per heavy atom. The molecule has 3 aromatic rings. The average molecular weight is 528 g/mol. The molecule has 6 heteroatoms. The predicted octanol–water partition coefficient (Wildman–Crippen LogP) is 6.77. The van der Waals surface area contributed by atoms with Crippen molar-refractivity contribution in [3.8, 4) is 11.5 Å². The van der Waals surface area contributed by atoms with Gasteiger partial charge in [0.05, 0.1) is 23.3 Å². The van der Waals surface area contributed by atoms with E-state index >= 15 is 0 Å². The highest BCUT2D eigenvalue weighted by atomic mass is 79.9. The summed E-state index contributed by atoms with van der Waals surface area (Å²) in [5, 5.41) is 7.13. The van der Waals surface area contributed by atoms with E-state index < -0.39 is 0 Å². The molecule has 0 saturated carbocycles. The number of halogens is 2. The van der Waals surface area contributed by atoms with Gasteiger partial charge in [-0.05, 0) is 64.8 Å². The van der Waals surface area contributed by atoms with Gasteiger partial charge in [0.25, 0.3) is 0 Å². The lowest BCUT2D eigenvalue weighted by Gasteiger charge is -2.38. The molecule has 0 aromatic heterocycles. The van der Waals surface area contributed by atoms with Crippen LogP contribution < -0.4 is 9.47 Å². The molecule has 2 atom stereocenters. The summed E-state index contributed by atoms with van der Waals surface area (Å²) < 4.78 is 13.8. The van der Waals surface area contributed by atoms with Gasteiger partial charge in [-0.15, -0.1) is 0 Å². The highest BCUT2D eigenvalue weighted by molar-refractivity contribution is 9.11. The lowest BCUT2D eigenvalue weighted by atomic mass is 9.96. The summed E-state index contributed by atoms with van der Waals surface area (Å²) in [4.78, 5) is 0. The number of rotatable bonds is 3. The third-order valence-corrected chi connectivity index (χ3v) is 6.64. The second kappa shape index (κ2) is 7.75. The number of ether oxygens (including phenoxy) is 2. The van der Waals surface area contributed by atoms with Crippen LogP contribution in [-0.2, 0) is 0 Å². The number of hydrazone groups is 1. The standard InChI is InChI=1S/C24H20Br2N2O2/c1-14-3-5-16(6-4-14)24-28-22(19-11-17(25)12-20(26)23(19)30-24)13-21(27-28)15-7-9-18(29-2)10-8-15/h3-12,22,24H,13H2,1-2H3. The molecule has 0 radical (unpaired) electrons. The van der Waals surface area contributed by atoms with Crippen LogP contribution in [0.3, 0.4) is 0 Å². The van der Waals surface area contributed by atoms with Crippen LogP contribution in [0, 0.1) is 6.92 Å². The Morgan fingerprint density at radius 3 is 2.47 bits per heavy atom. The van der Waals surface area contributed by atoms with Crippen molar-refractivity contribution in [2.75, 3.05) is 7.11 Å². The van der Waals surface area contributed by atoms with Gasteiger partial charge in [0, 0.05) is 22.0 Å². The van der Waals surface area contributed by atoms with Crippen molar-refractivity contribution in [3.05, 3.63) is 91.9 Å². The number of hydrogen-bond acceptors (Lipinski definition) is 4. The van der Waals surface area contributed by atoms with E-state index in [1.807, 2.05) is 18.2 Å². The van der Waals surface area contributed by atoms with Gasteiger partial charge in [-0.2, -0.15) is 5.10 Å². The Hall–Kier alpha value is -2.31. The molecule has 3 aromatic carbocycles. The van der Waals surface area contributed by atoms with Crippen molar-refractivity contribution in [1.29, 1.82) is 0 Å². The third kappa shape index (κ3) is 3.42. The molecule has 5 rings (SSSR count). The zero-order chi connectivity index (χ0) is 20.8. The summed E-state index contributed by atoms with van der Waals surface area (Å²) >= 11 is 7.32. The third-order valence-electron chi connectivity index (χ3n) is 5.59. The first-order valence-corrected chi connectivity index (χ1v) is 11.3. The second-order valence-electron chi connectivity index (χ2n) is 7.56. The average Bonchev–Trinajstić information content (AvgIpc) is 3.20. The minimum Gasteiger partial charge on any atom is -0.497 e. The highest BCUT2D eigenvalue weighted by Crippen LogP contribution is 2.50. The maximum absolute atomic E-state index is 6.51. The Morgan fingerprint density at radius 2 is 1.77 bits per heavy atom. The lowest BCUT2D eigenvalue weighted by Crippen LogP contribution is -2.33. The molecule has 0 N–H and O–H groups in total. The first-order valence-electron chi connectivity index (χ1n) is 9.76. The normalized spacial score (nSPS) is 19.6. The van der Waals surface area contributed by atoms with E-state index in [0.717, 1.165) is 49.3 Å². The van der Waals surface area contributed by atoms with Gasteiger partial charge in [-0.25, -0.2) is 5.01 Å². The quantitative estimate of drug-likeness (QED) is 0.377. The van der Waals surface area contributed by atoms with E-state index in [-0.39, 0.29) is 12.3 Å². The van der Waals surface area contributed by atoms with Crippen LogP contribution in [0.5, 0.6) is 11.5 Å². The SMILES string of the molecule is COc1ccc(C2=NN3C(C2)c2cc(Br)cc(Br)c2OC3c2ccc(C)cc2)cc1. The summed E-state index contributed by atoms with van der Waals surface area (Å²) in [6, 6.07) is 20.8. The zero-order valence-electron chi connectivity index (χ0n) is 16.6. The molecular weight excluding hydrogens is 508 g/mol. The van der Waals surface area contributed by atoms with Crippen LogP contribution >= 0.6 is 31.9 Å². The molecule has 0 fully saturated rings. The smallest absolute Gasteiger partial charge is 0.213 e. The van der Waals surface area contributed by atoms with Gasteiger partial charge in [-0.1, -0.05) is 45.8 Å². The van der Waals surface area contributed by atoms with E-state index in [9.17, 15) is 0 Å². The minimum absolute atomic E-state index is 0.103. The fraction of sp³-hybridized carbons (Fsp3) is 0.208. The van der Waals surface area contributed by atoms with Crippen molar-refractivity contribution < 1.29 is 9.47 Å². The van der Waals surface area contributed by atoms with E-state index in [0.29, 0.717) is 0 Å². The topological polar surface area (TPSA) is 34.1 Å². The first-order chi connectivity index (χ1) is 14.5. The summed E-state index contributed by atoms with van der Waals surface area (Å²) in [5.74, 6) is 1.73. The zero-order valence-corrected chi connectivity index (χ0v) is 19.8. The van der Waals surface area contributed by atoms with Gasteiger partial charge < -0.3 is 9.47 Å². The van der Waals surface area contributed by atoms with E-state index in [1.54, 1.807) is 7.11 Å². The number of benzene rings is 3. The molecule has 0 amide bonds. The summed E-state index contributed by atoms with van der Waals surface area (Å²) in [6.45, 7) is 2.09. The van der Waals surface area contributed by atoms with Crippen LogP contribution in [0.2, 0.25) is 0 Å². The molecule has 2 aliphatic rings. The Labute approximate surface area is 192 Å². The molecule has 0 aliphatic carbocycles. The first kappa shape index (κ1) is 19.6. The molecule has 0 spiro atoms. The van der Waals surface area contributed by atoms with Crippen LogP contribution in [-0.4, -0.2) is 17.8 Å². The molecule has 2 unspecified atom stereocenters. The molecule has 152 valence electrons. The molecule has 0 bridgehead atoms. The Balaban J connectivity index is 1.60. The largest absolute Gasteiger partial charge is 0.497 e. The van der Waals surface area contributed by atoms with Crippen molar-refractivity contribution in [3.63, 3.8) is 0 Å². The molecule has 30 heavy (non-hydrogen) atoms. The number of aryl methyl sites for hydroxylation is 1. The lowest BCUT2D eigenvalue weighted by molar-refractivity contribution is -0.0197. The van der Waals surface area contributed by atoms with Crippen LogP contribution in [0.4, 0.5) is 0 Å². The van der Waals surface area contributed by atoms with E-state index in [4.69, 9.17) is 14.6 Å². The van der Waals surface area contributed by atoms with Gasteiger partial charge in [-0.3, -0.25) is 0 Å². The Bertz CT molecular complexity index is 1130. The van der Waals surface area contributed by atoms with Crippen LogP contribution in [0.15, 0.2) is 74.7 Å². The maximum atomic E-state index is 6.51. The minimum atomic E-state index is -0.281. The van der Waals surface area contributed by atoms with Crippen molar-refractivity contribution in [2.45, 2.75) is 25.6 Å². The summed E-state index contributed by atoms with van der Waals surface area (Å²) in [5.41, 5.74) is 5.59. The fourth-order valence-corrected chi connectivity index (χ4v) is 5.38. The molecule has 0 saturated heterocycles. The fourth-order valence-electron chi connectivity index (χ4n) is 4.02. The van der Waals surface area contributed by atoms with Gasteiger partial charge in [0.15, 0.2) is 0 Å². The number of nitrogens with zero attached hydrogens (tertiary/aromatic N) is 2. The van der Waals surface area contributed by atoms with E-state index in [1.165, 1.54) is 5.56 Å². The van der Waals surface area contributed by atoms with Crippen LogP contribution in [0.1, 0.15) is 40.9 Å². The van der Waals surface area contributed by atoms with Crippen LogP contribution in [0.25, 0.3) is 0 Å². The van der Waals surface area contributed by atoms with Crippen molar-refractivity contribution in [2.24, 2.45) is 5.10 Å². The second-order valence-corrected chi connectivity index (χ2v) is 9.33. The number of fused-ring (bicyclic) bond motifs is 3. The summed E-state index contributed by atoms with van der Waals surface area (Å²) in [7, 11) is 1.68. The van der Waals surface area contributed by atoms with Gasteiger partial charge in [0.2, 0.25) is 6.23 Å². The molecule has 2 heterocycles.